The molecular formula is C27H41NO8. The van der Waals surface area contributed by atoms with Gasteiger partial charge in [0.25, 0.3) is 0 Å². The second-order valence-corrected chi connectivity index (χ2v) is 9.53. The topological polar surface area (TPSA) is 131 Å². The Morgan fingerprint density at radius 3 is 1.92 bits per heavy atom. The van der Waals surface area contributed by atoms with Crippen LogP contribution in [0.2, 0.25) is 0 Å². The molecule has 0 aliphatic heterocycles. The Morgan fingerprint density at radius 2 is 1.39 bits per heavy atom. The minimum absolute atomic E-state index is 0.0865. The Hall–Kier alpha value is -2.94. The lowest BCUT2D eigenvalue weighted by Gasteiger charge is -2.27. The predicted molar refractivity (Wildman–Crippen MR) is 134 cm³/mol. The van der Waals surface area contributed by atoms with Crippen LogP contribution in [-0.4, -0.2) is 42.1 Å². The molecule has 0 aliphatic carbocycles. The quantitative estimate of drug-likeness (QED) is 0.290. The average molecular weight is 508 g/mol. The van der Waals surface area contributed by atoms with E-state index in [1.54, 1.807) is 33.8 Å². The Bertz CT molecular complexity index is 911. The number of carbonyl (C=O) groups excluding carboxylic acids is 4. The molecule has 0 fully saturated rings. The number of carbonyl (C=O) groups is 4. The lowest BCUT2D eigenvalue weighted by Crippen LogP contribution is -2.40. The molecule has 0 aromatic heterocycles. The summed E-state index contributed by atoms with van der Waals surface area (Å²) < 4.78 is 21.6. The van der Waals surface area contributed by atoms with Crippen molar-refractivity contribution in [3.8, 4) is 11.5 Å². The number of nitrogens with two attached hydrogens (primary N) is 1. The zero-order valence-corrected chi connectivity index (χ0v) is 22.6. The van der Waals surface area contributed by atoms with E-state index in [2.05, 4.69) is 0 Å². The van der Waals surface area contributed by atoms with Gasteiger partial charge in [-0.2, -0.15) is 0 Å². The maximum Gasteiger partial charge on any atom is 0.323 e. The van der Waals surface area contributed by atoms with Crippen molar-refractivity contribution in [2.24, 2.45) is 11.1 Å². The summed E-state index contributed by atoms with van der Waals surface area (Å²) in [5, 5.41) is 0. The van der Waals surface area contributed by atoms with Crippen molar-refractivity contribution in [2.45, 2.75) is 105 Å². The fourth-order valence-electron chi connectivity index (χ4n) is 2.87. The monoisotopic (exact) mass is 507 g/mol. The first kappa shape index (κ1) is 31.1. The maximum atomic E-state index is 12.6. The van der Waals surface area contributed by atoms with Gasteiger partial charge >= 0.3 is 23.9 Å². The largest absolute Gasteiger partial charge is 0.458 e. The highest BCUT2D eigenvalue weighted by molar-refractivity contribution is 5.78. The van der Waals surface area contributed by atoms with Gasteiger partial charge in [-0.25, -0.2) is 0 Å². The molecule has 202 valence electrons. The Morgan fingerprint density at radius 1 is 0.861 bits per heavy atom. The molecule has 36 heavy (non-hydrogen) atoms. The van der Waals surface area contributed by atoms with Crippen LogP contribution in [0.15, 0.2) is 18.2 Å². The van der Waals surface area contributed by atoms with Crippen LogP contribution < -0.4 is 15.2 Å². The highest BCUT2D eigenvalue weighted by Gasteiger charge is 2.31. The molecule has 2 N–H and O–H groups in total. The lowest BCUT2D eigenvalue weighted by molar-refractivity contribution is -0.172. The fourth-order valence-corrected chi connectivity index (χ4v) is 2.87. The van der Waals surface area contributed by atoms with Crippen LogP contribution in [0.4, 0.5) is 0 Å². The smallest absolute Gasteiger partial charge is 0.323 e. The number of hydrogen-bond donors (Lipinski definition) is 1. The van der Waals surface area contributed by atoms with Crippen LogP contribution in [0.3, 0.4) is 0 Å². The highest BCUT2D eigenvalue weighted by Crippen LogP contribution is 2.30. The third-order valence-corrected chi connectivity index (χ3v) is 5.81. The van der Waals surface area contributed by atoms with Crippen LogP contribution in [-0.2, 0) is 35.1 Å². The second-order valence-electron chi connectivity index (χ2n) is 9.53. The van der Waals surface area contributed by atoms with Gasteiger partial charge in [0.15, 0.2) is 11.5 Å². The standard InChI is InChI=1S/C27H41NO8/c1-8-11-23(29)35-21-14-13-19(16-22(21)36-24(30)12-9-2)15-20(28)25(31)33-17(4)18(5)34-26(32)27(6,7)10-3/h13-14,16-18,20H,8-12,15,28H2,1-7H3/t17-,18-,20-/m0/s1. The first-order chi connectivity index (χ1) is 16.8. The molecule has 1 rings (SSSR count). The first-order valence-corrected chi connectivity index (χ1v) is 12.6. The Kier molecular flexibility index (Phi) is 12.6. The van der Waals surface area contributed by atoms with Crippen molar-refractivity contribution in [3.63, 3.8) is 0 Å². The molecule has 0 aliphatic rings. The molecule has 0 bridgehead atoms. The van der Waals surface area contributed by atoms with Crippen LogP contribution in [0.1, 0.15) is 86.1 Å². The molecule has 0 amide bonds. The summed E-state index contributed by atoms with van der Waals surface area (Å²) in [5.74, 6) is -1.72. The number of esters is 4. The number of rotatable bonds is 14. The molecule has 1 aromatic rings. The van der Waals surface area contributed by atoms with Crippen LogP contribution in [0.25, 0.3) is 0 Å². The van der Waals surface area contributed by atoms with Crippen LogP contribution >= 0.6 is 0 Å². The molecule has 9 nitrogen and oxygen atoms in total. The molecule has 9 heteroatoms. The second kappa shape index (κ2) is 14.6. The molecular weight excluding hydrogens is 466 g/mol. The van der Waals surface area contributed by atoms with Gasteiger partial charge in [-0.1, -0.05) is 26.8 Å². The number of ether oxygens (including phenoxy) is 4. The SMILES string of the molecule is CCCC(=O)Oc1ccc(C[C@H](N)C(=O)O[C@@H](C)[C@H](C)OC(=O)C(C)(C)CC)cc1OC(=O)CCC. The van der Waals surface area contributed by atoms with Gasteiger partial charge in [0.1, 0.15) is 18.2 Å². The molecule has 1 aromatic carbocycles. The third kappa shape index (κ3) is 9.97. The van der Waals surface area contributed by atoms with Crippen LogP contribution in [0, 0.1) is 5.41 Å². The van der Waals surface area contributed by atoms with Crippen molar-refractivity contribution in [3.05, 3.63) is 23.8 Å². The van der Waals surface area contributed by atoms with E-state index >= 15 is 0 Å². The van der Waals surface area contributed by atoms with E-state index in [4.69, 9.17) is 24.7 Å². The summed E-state index contributed by atoms with van der Waals surface area (Å²) in [4.78, 5) is 48.9. The summed E-state index contributed by atoms with van der Waals surface area (Å²) in [6.07, 6.45) is 0.992. The molecule has 0 spiro atoms. The lowest BCUT2D eigenvalue weighted by atomic mass is 9.90. The van der Waals surface area contributed by atoms with Crippen molar-refractivity contribution < 1.29 is 38.1 Å². The van der Waals surface area contributed by atoms with Crippen molar-refractivity contribution in [1.29, 1.82) is 0 Å². The van der Waals surface area contributed by atoms with Gasteiger partial charge in [0.2, 0.25) is 0 Å². The van der Waals surface area contributed by atoms with Gasteiger partial charge < -0.3 is 24.7 Å². The Labute approximate surface area is 214 Å². The zero-order valence-electron chi connectivity index (χ0n) is 22.6. The van der Waals surface area contributed by atoms with E-state index in [1.165, 1.54) is 12.1 Å². The first-order valence-electron chi connectivity index (χ1n) is 12.6. The highest BCUT2D eigenvalue weighted by atomic mass is 16.6. The van der Waals surface area contributed by atoms with Gasteiger partial charge in [0.05, 0.1) is 5.41 Å². The summed E-state index contributed by atoms with van der Waals surface area (Å²) >= 11 is 0. The Balaban J connectivity index is 2.88. The summed E-state index contributed by atoms with van der Waals surface area (Å²) in [6, 6.07) is 3.65. The third-order valence-electron chi connectivity index (χ3n) is 5.81. The summed E-state index contributed by atoms with van der Waals surface area (Å²) in [5.41, 5.74) is 6.03. The maximum absolute atomic E-state index is 12.6. The van der Waals surface area contributed by atoms with E-state index in [0.717, 1.165) is 0 Å². The van der Waals surface area contributed by atoms with Crippen molar-refractivity contribution in [2.75, 3.05) is 0 Å². The normalized spacial score (nSPS) is 13.8. The zero-order chi connectivity index (χ0) is 27.5. The minimum Gasteiger partial charge on any atom is -0.458 e. The van der Waals surface area contributed by atoms with Crippen molar-refractivity contribution >= 4 is 23.9 Å². The summed E-state index contributed by atoms with van der Waals surface area (Å²) in [6.45, 7) is 12.5. The van der Waals surface area contributed by atoms with Gasteiger partial charge in [-0.05, 0) is 71.1 Å². The van der Waals surface area contributed by atoms with E-state index < -0.39 is 41.6 Å². The fraction of sp³-hybridized carbons (Fsp3) is 0.630. The number of hydrogen-bond acceptors (Lipinski definition) is 9. The van der Waals surface area contributed by atoms with E-state index in [0.29, 0.717) is 24.8 Å². The minimum atomic E-state index is -1.02. The molecule has 0 saturated carbocycles. The van der Waals surface area contributed by atoms with E-state index in [9.17, 15) is 19.2 Å². The molecule has 3 atom stereocenters. The average Bonchev–Trinajstić information content (AvgIpc) is 2.80. The molecule has 0 heterocycles. The van der Waals surface area contributed by atoms with Crippen molar-refractivity contribution in [1.82, 2.24) is 0 Å². The predicted octanol–water partition coefficient (Wildman–Crippen LogP) is 4.27. The molecule has 0 saturated heterocycles. The van der Waals surface area contributed by atoms with E-state index in [-0.39, 0.29) is 36.7 Å². The summed E-state index contributed by atoms with van der Waals surface area (Å²) in [7, 11) is 0. The molecule has 0 unspecified atom stereocenters. The van der Waals surface area contributed by atoms with Gasteiger partial charge in [-0.3, -0.25) is 19.2 Å². The number of benzene rings is 1. The van der Waals surface area contributed by atoms with E-state index in [1.807, 2.05) is 20.8 Å². The van der Waals surface area contributed by atoms with Crippen LogP contribution in [0.5, 0.6) is 11.5 Å². The molecule has 0 radical (unpaired) electrons. The van der Waals surface area contributed by atoms with Gasteiger partial charge in [0, 0.05) is 12.8 Å². The van der Waals surface area contributed by atoms with Gasteiger partial charge in [-0.15, -0.1) is 0 Å².